The Morgan fingerprint density at radius 3 is 2.75 bits per heavy atom. The minimum atomic E-state index is -0.768. The molecule has 1 aromatic carbocycles. The van der Waals surface area contributed by atoms with E-state index in [2.05, 4.69) is 10.6 Å². The standard InChI is InChI=1S/C17H22N2O4S/c1-11-16(22)19-13-10-12(7-8-14(13)24-11)17(23)18-9-5-3-2-4-6-15(20)21/h7-8,10-11H,2-6,9H2,1H3,(H,18,23)(H,19,22)(H,20,21). The number of fused-ring (bicyclic) bond motifs is 1. The number of rotatable bonds is 8. The summed E-state index contributed by atoms with van der Waals surface area (Å²) in [4.78, 5) is 35.2. The predicted molar refractivity (Wildman–Crippen MR) is 93.4 cm³/mol. The Hall–Kier alpha value is -2.02. The minimum Gasteiger partial charge on any atom is -0.481 e. The number of carbonyl (C=O) groups is 3. The molecule has 2 amide bonds. The molecule has 7 heteroatoms. The summed E-state index contributed by atoms with van der Waals surface area (Å²) in [5.74, 6) is -0.983. The van der Waals surface area contributed by atoms with E-state index in [0.717, 1.165) is 24.2 Å². The van der Waals surface area contributed by atoms with Gasteiger partial charge in [-0.05, 0) is 38.0 Å². The molecule has 0 saturated carbocycles. The number of carboxylic acids is 1. The normalized spacial score (nSPS) is 16.2. The molecule has 3 N–H and O–H groups in total. The lowest BCUT2D eigenvalue weighted by molar-refractivity contribution is -0.137. The maximum absolute atomic E-state index is 12.1. The second-order valence-electron chi connectivity index (χ2n) is 5.77. The van der Waals surface area contributed by atoms with E-state index in [1.165, 1.54) is 11.8 Å². The molecular formula is C17H22N2O4S. The number of nitrogens with one attached hydrogen (secondary N) is 2. The van der Waals surface area contributed by atoms with Crippen LogP contribution in [0.3, 0.4) is 0 Å². The summed E-state index contributed by atoms with van der Waals surface area (Å²) in [6.07, 6.45) is 3.43. The Balaban J connectivity index is 1.76. The van der Waals surface area contributed by atoms with E-state index in [0.29, 0.717) is 24.2 Å². The van der Waals surface area contributed by atoms with Crippen LogP contribution in [0.4, 0.5) is 5.69 Å². The molecule has 0 saturated heterocycles. The molecule has 1 atom stereocenters. The molecule has 1 aliphatic rings. The Morgan fingerprint density at radius 2 is 2.00 bits per heavy atom. The molecule has 0 bridgehead atoms. The topological polar surface area (TPSA) is 95.5 Å². The predicted octanol–water partition coefficient (Wildman–Crippen LogP) is 2.88. The molecule has 1 heterocycles. The second-order valence-corrected chi connectivity index (χ2v) is 7.16. The maximum atomic E-state index is 12.1. The Labute approximate surface area is 145 Å². The van der Waals surface area contributed by atoms with E-state index in [4.69, 9.17) is 5.11 Å². The van der Waals surface area contributed by atoms with Gasteiger partial charge in [-0.2, -0.15) is 0 Å². The highest BCUT2D eigenvalue weighted by Crippen LogP contribution is 2.35. The summed E-state index contributed by atoms with van der Waals surface area (Å²) < 4.78 is 0. The van der Waals surface area contributed by atoms with Gasteiger partial charge in [-0.25, -0.2) is 0 Å². The fourth-order valence-corrected chi connectivity index (χ4v) is 3.34. The van der Waals surface area contributed by atoms with E-state index < -0.39 is 5.97 Å². The number of amides is 2. The highest BCUT2D eigenvalue weighted by molar-refractivity contribution is 8.00. The van der Waals surface area contributed by atoms with Crippen LogP contribution in [0, 0.1) is 0 Å². The molecule has 0 radical (unpaired) electrons. The summed E-state index contributed by atoms with van der Waals surface area (Å²) in [7, 11) is 0. The summed E-state index contributed by atoms with van der Waals surface area (Å²) in [6.45, 7) is 2.40. The van der Waals surface area contributed by atoms with Gasteiger partial charge in [0.05, 0.1) is 10.9 Å². The van der Waals surface area contributed by atoms with Gasteiger partial charge in [0.1, 0.15) is 0 Å². The van der Waals surface area contributed by atoms with Gasteiger partial charge < -0.3 is 15.7 Å². The molecule has 6 nitrogen and oxygen atoms in total. The molecule has 0 fully saturated rings. The smallest absolute Gasteiger partial charge is 0.303 e. The van der Waals surface area contributed by atoms with E-state index in [1.807, 2.05) is 13.0 Å². The van der Waals surface area contributed by atoms with Gasteiger partial charge in [0.15, 0.2) is 0 Å². The molecule has 0 spiro atoms. The van der Waals surface area contributed by atoms with Crippen LogP contribution >= 0.6 is 11.8 Å². The molecule has 0 aromatic heterocycles. The quantitative estimate of drug-likeness (QED) is 0.627. The van der Waals surface area contributed by atoms with Crippen LogP contribution in [0.25, 0.3) is 0 Å². The molecule has 2 rings (SSSR count). The SMILES string of the molecule is CC1Sc2ccc(C(=O)NCCCCCCC(=O)O)cc2NC1=O. The molecule has 24 heavy (non-hydrogen) atoms. The number of thioether (sulfide) groups is 1. The molecule has 1 unspecified atom stereocenters. The highest BCUT2D eigenvalue weighted by atomic mass is 32.2. The van der Waals surface area contributed by atoms with Crippen LogP contribution < -0.4 is 10.6 Å². The van der Waals surface area contributed by atoms with Crippen LogP contribution in [0.1, 0.15) is 49.4 Å². The van der Waals surface area contributed by atoms with Crippen LogP contribution in [0.2, 0.25) is 0 Å². The van der Waals surface area contributed by atoms with Gasteiger partial charge in [0.2, 0.25) is 5.91 Å². The number of hydrogen-bond acceptors (Lipinski definition) is 4. The van der Waals surface area contributed by atoms with Crippen LogP contribution in [-0.4, -0.2) is 34.7 Å². The number of hydrogen-bond donors (Lipinski definition) is 3. The van der Waals surface area contributed by atoms with Gasteiger partial charge in [-0.1, -0.05) is 12.8 Å². The number of benzene rings is 1. The van der Waals surface area contributed by atoms with Gasteiger partial charge in [0.25, 0.3) is 5.91 Å². The van der Waals surface area contributed by atoms with Crippen molar-refractivity contribution < 1.29 is 19.5 Å². The number of aliphatic carboxylic acids is 1. The van der Waals surface area contributed by atoms with Gasteiger partial charge in [-0.15, -0.1) is 11.8 Å². The number of carbonyl (C=O) groups excluding carboxylic acids is 2. The zero-order valence-electron chi connectivity index (χ0n) is 13.6. The van der Waals surface area contributed by atoms with Crippen molar-refractivity contribution in [2.75, 3.05) is 11.9 Å². The zero-order chi connectivity index (χ0) is 17.5. The van der Waals surface area contributed by atoms with Crippen molar-refractivity contribution in [1.82, 2.24) is 5.32 Å². The van der Waals surface area contributed by atoms with E-state index in [1.54, 1.807) is 12.1 Å². The minimum absolute atomic E-state index is 0.0496. The summed E-state index contributed by atoms with van der Waals surface area (Å²) >= 11 is 1.49. The van der Waals surface area contributed by atoms with E-state index >= 15 is 0 Å². The summed E-state index contributed by atoms with van der Waals surface area (Å²) in [5.41, 5.74) is 1.21. The Morgan fingerprint density at radius 1 is 1.25 bits per heavy atom. The zero-order valence-corrected chi connectivity index (χ0v) is 14.4. The van der Waals surface area contributed by atoms with Gasteiger partial charge in [-0.3, -0.25) is 14.4 Å². The largest absolute Gasteiger partial charge is 0.481 e. The van der Waals surface area contributed by atoms with Crippen molar-refractivity contribution in [3.05, 3.63) is 23.8 Å². The highest BCUT2D eigenvalue weighted by Gasteiger charge is 2.23. The third kappa shape index (κ3) is 5.26. The van der Waals surface area contributed by atoms with Gasteiger partial charge >= 0.3 is 5.97 Å². The van der Waals surface area contributed by atoms with Crippen molar-refractivity contribution >= 4 is 35.2 Å². The third-order valence-electron chi connectivity index (χ3n) is 3.78. The summed E-state index contributed by atoms with van der Waals surface area (Å²) in [6, 6.07) is 5.32. The van der Waals surface area contributed by atoms with Crippen LogP contribution in [0.5, 0.6) is 0 Å². The maximum Gasteiger partial charge on any atom is 0.303 e. The van der Waals surface area contributed by atoms with Crippen molar-refractivity contribution in [1.29, 1.82) is 0 Å². The van der Waals surface area contributed by atoms with Crippen molar-refractivity contribution in [2.45, 2.75) is 49.2 Å². The molecule has 1 aromatic rings. The van der Waals surface area contributed by atoms with Crippen molar-refractivity contribution in [3.8, 4) is 0 Å². The first kappa shape index (κ1) is 18.3. The lowest BCUT2D eigenvalue weighted by Crippen LogP contribution is -2.28. The van der Waals surface area contributed by atoms with Crippen molar-refractivity contribution in [2.24, 2.45) is 0 Å². The average Bonchev–Trinajstić information content (AvgIpc) is 2.54. The number of unbranched alkanes of at least 4 members (excludes halogenated alkanes) is 3. The Bertz CT molecular complexity index is 633. The summed E-state index contributed by atoms with van der Waals surface area (Å²) in [5, 5.41) is 14.1. The number of carboxylic acid groups (broad SMARTS) is 1. The van der Waals surface area contributed by atoms with Crippen LogP contribution in [-0.2, 0) is 9.59 Å². The van der Waals surface area contributed by atoms with Crippen molar-refractivity contribution in [3.63, 3.8) is 0 Å². The third-order valence-corrected chi connectivity index (χ3v) is 4.95. The van der Waals surface area contributed by atoms with Crippen LogP contribution in [0.15, 0.2) is 23.1 Å². The first-order chi connectivity index (χ1) is 11.5. The molecular weight excluding hydrogens is 328 g/mol. The molecule has 1 aliphatic heterocycles. The molecule has 130 valence electrons. The first-order valence-corrected chi connectivity index (χ1v) is 8.97. The fraction of sp³-hybridized carbons (Fsp3) is 0.471. The lowest BCUT2D eigenvalue weighted by atomic mass is 10.1. The first-order valence-electron chi connectivity index (χ1n) is 8.09. The van der Waals surface area contributed by atoms with E-state index in [9.17, 15) is 14.4 Å². The molecule has 0 aliphatic carbocycles. The Kier molecular flexibility index (Phi) is 6.66. The van der Waals surface area contributed by atoms with Gasteiger partial charge in [0, 0.05) is 23.4 Å². The lowest BCUT2D eigenvalue weighted by Gasteiger charge is -2.21. The fourth-order valence-electron chi connectivity index (χ4n) is 2.41. The number of anilines is 1. The second kappa shape index (κ2) is 8.73. The average molecular weight is 350 g/mol. The monoisotopic (exact) mass is 350 g/mol. The van der Waals surface area contributed by atoms with E-state index in [-0.39, 0.29) is 23.5 Å².